The van der Waals surface area contributed by atoms with Crippen LogP contribution in [0.2, 0.25) is 0 Å². The summed E-state index contributed by atoms with van der Waals surface area (Å²) in [6.45, 7) is 8.39. The molecule has 0 aliphatic heterocycles. The van der Waals surface area contributed by atoms with Crippen molar-refractivity contribution in [2.24, 2.45) is 0 Å². The summed E-state index contributed by atoms with van der Waals surface area (Å²) in [7, 11) is 0. The maximum atomic E-state index is 12.8. The third-order valence-electron chi connectivity index (χ3n) is 4.57. The van der Waals surface area contributed by atoms with E-state index in [9.17, 15) is 9.59 Å². The lowest BCUT2D eigenvalue weighted by Crippen LogP contribution is -2.23. The highest BCUT2D eigenvalue weighted by Crippen LogP contribution is 2.28. The summed E-state index contributed by atoms with van der Waals surface area (Å²) in [6, 6.07) is 13.1. The highest BCUT2D eigenvalue weighted by atomic mass is 16.3. The van der Waals surface area contributed by atoms with E-state index in [0.717, 1.165) is 5.56 Å². The van der Waals surface area contributed by atoms with E-state index in [4.69, 9.17) is 4.42 Å². The van der Waals surface area contributed by atoms with E-state index >= 15 is 0 Å². The minimum Gasteiger partial charge on any atom is -0.455 e. The third-order valence-corrected chi connectivity index (χ3v) is 4.57. The van der Waals surface area contributed by atoms with Crippen LogP contribution >= 0.6 is 0 Å². The van der Waals surface area contributed by atoms with Crippen LogP contribution in [0.25, 0.3) is 22.3 Å². The highest BCUT2D eigenvalue weighted by molar-refractivity contribution is 6.05. The Labute approximate surface area is 152 Å². The largest absolute Gasteiger partial charge is 0.455 e. The standard InChI is InChI=1S/C22H23NO3/c1-5-23-22(25)18-8-6-7-17-19(24)14(4)20(26-21(17)18)16-11-9-15(10-12-16)13(2)3/h6-13H,5H2,1-4H3,(H,23,25). The van der Waals surface area contributed by atoms with Gasteiger partial charge in [-0.3, -0.25) is 9.59 Å². The summed E-state index contributed by atoms with van der Waals surface area (Å²) < 4.78 is 6.10. The van der Waals surface area contributed by atoms with E-state index in [1.54, 1.807) is 25.1 Å². The van der Waals surface area contributed by atoms with Gasteiger partial charge in [0.2, 0.25) is 0 Å². The number of rotatable bonds is 4. The van der Waals surface area contributed by atoms with E-state index in [0.29, 0.717) is 40.3 Å². The molecule has 0 fully saturated rings. The zero-order valence-electron chi connectivity index (χ0n) is 15.6. The van der Waals surface area contributed by atoms with Crippen molar-refractivity contribution in [3.63, 3.8) is 0 Å². The molecule has 1 N–H and O–H groups in total. The molecule has 1 heterocycles. The molecule has 0 atom stereocenters. The van der Waals surface area contributed by atoms with E-state index in [-0.39, 0.29) is 11.3 Å². The first-order valence-corrected chi connectivity index (χ1v) is 8.89. The molecule has 0 spiro atoms. The molecule has 4 heteroatoms. The van der Waals surface area contributed by atoms with Gasteiger partial charge in [0.05, 0.1) is 10.9 Å². The van der Waals surface area contributed by atoms with Crippen molar-refractivity contribution < 1.29 is 9.21 Å². The lowest BCUT2D eigenvalue weighted by atomic mass is 9.99. The van der Waals surface area contributed by atoms with Gasteiger partial charge in [-0.2, -0.15) is 0 Å². The van der Waals surface area contributed by atoms with Crippen LogP contribution in [-0.4, -0.2) is 12.5 Å². The first-order valence-electron chi connectivity index (χ1n) is 8.89. The first-order chi connectivity index (χ1) is 12.4. The van der Waals surface area contributed by atoms with Gasteiger partial charge >= 0.3 is 0 Å². The van der Waals surface area contributed by atoms with Crippen LogP contribution < -0.4 is 10.7 Å². The lowest BCUT2D eigenvalue weighted by Gasteiger charge is -2.11. The number of carbonyl (C=O) groups excluding carboxylic acids is 1. The van der Waals surface area contributed by atoms with Crippen LogP contribution in [0.5, 0.6) is 0 Å². The topological polar surface area (TPSA) is 59.3 Å². The summed E-state index contributed by atoms with van der Waals surface area (Å²) in [4.78, 5) is 25.2. The minimum atomic E-state index is -0.244. The smallest absolute Gasteiger partial charge is 0.255 e. The molecule has 134 valence electrons. The molecule has 4 nitrogen and oxygen atoms in total. The molecule has 0 saturated carbocycles. The molecule has 3 rings (SSSR count). The Balaban J connectivity index is 2.23. The molecule has 0 aliphatic carbocycles. The van der Waals surface area contributed by atoms with Crippen LogP contribution in [0.3, 0.4) is 0 Å². The fourth-order valence-corrected chi connectivity index (χ4v) is 3.04. The molecule has 26 heavy (non-hydrogen) atoms. The van der Waals surface area contributed by atoms with Crippen molar-refractivity contribution in [1.29, 1.82) is 0 Å². The predicted molar refractivity (Wildman–Crippen MR) is 105 cm³/mol. The summed E-state index contributed by atoms with van der Waals surface area (Å²) in [5.41, 5.74) is 3.19. The van der Waals surface area contributed by atoms with Crippen molar-refractivity contribution in [2.45, 2.75) is 33.6 Å². The Kier molecular flexibility index (Phi) is 4.94. The molecule has 0 saturated heterocycles. The van der Waals surface area contributed by atoms with Crippen molar-refractivity contribution >= 4 is 16.9 Å². The van der Waals surface area contributed by atoms with Gasteiger partial charge in [0, 0.05) is 17.7 Å². The SMILES string of the molecule is CCNC(=O)c1cccc2c(=O)c(C)c(-c3ccc(C(C)C)cc3)oc12. The average Bonchev–Trinajstić information content (AvgIpc) is 2.64. The van der Waals surface area contributed by atoms with Crippen molar-refractivity contribution in [3.05, 3.63) is 69.4 Å². The van der Waals surface area contributed by atoms with Gasteiger partial charge < -0.3 is 9.73 Å². The summed E-state index contributed by atoms with van der Waals surface area (Å²) in [5.74, 6) is 0.693. The molecule has 2 aromatic carbocycles. The van der Waals surface area contributed by atoms with E-state index < -0.39 is 0 Å². The van der Waals surface area contributed by atoms with Crippen LogP contribution in [0.4, 0.5) is 0 Å². The predicted octanol–water partition coefficient (Wildman–Crippen LogP) is 4.64. The van der Waals surface area contributed by atoms with Gasteiger partial charge in [0.1, 0.15) is 5.76 Å². The number of nitrogens with one attached hydrogen (secondary N) is 1. The van der Waals surface area contributed by atoms with Crippen LogP contribution in [0.1, 0.15) is 48.2 Å². The Morgan fingerprint density at radius 3 is 2.42 bits per heavy atom. The van der Waals surface area contributed by atoms with E-state index in [2.05, 4.69) is 19.2 Å². The van der Waals surface area contributed by atoms with Gasteiger partial charge in [-0.05, 0) is 37.5 Å². The Morgan fingerprint density at radius 1 is 1.12 bits per heavy atom. The molecule has 3 aromatic rings. The number of hydrogen-bond donors (Lipinski definition) is 1. The second-order valence-corrected chi connectivity index (χ2v) is 6.70. The maximum Gasteiger partial charge on any atom is 0.255 e. The van der Waals surface area contributed by atoms with Crippen molar-refractivity contribution in [3.8, 4) is 11.3 Å². The number of hydrogen-bond acceptors (Lipinski definition) is 3. The summed E-state index contributed by atoms with van der Waals surface area (Å²) in [5, 5.41) is 3.19. The quantitative estimate of drug-likeness (QED) is 0.746. The molecule has 0 radical (unpaired) electrons. The molecule has 0 aliphatic rings. The number of benzene rings is 2. The Hall–Kier alpha value is -2.88. The van der Waals surface area contributed by atoms with Gasteiger partial charge in [0.15, 0.2) is 11.0 Å². The lowest BCUT2D eigenvalue weighted by molar-refractivity contribution is 0.0956. The van der Waals surface area contributed by atoms with Crippen molar-refractivity contribution in [1.82, 2.24) is 5.32 Å². The van der Waals surface area contributed by atoms with Gasteiger partial charge in [-0.1, -0.05) is 44.2 Å². The van der Waals surface area contributed by atoms with E-state index in [1.165, 1.54) is 5.56 Å². The minimum absolute atomic E-state index is 0.111. The summed E-state index contributed by atoms with van der Waals surface area (Å²) >= 11 is 0. The zero-order chi connectivity index (χ0) is 18.8. The fourth-order valence-electron chi connectivity index (χ4n) is 3.04. The fraction of sp³-hybridized carbons (Fsp3) is 0.273. The number of fused-ring (bicyclic) bond motifs is 1. The third kappa shape index (κ3) is 3.15. The Morgan fingerprint density at radius 2 is 1.81 bits per heavy atom. The van der Waals surface area contributed by atoms with Crippen LogP contribution in [-0.2, 0) is 0 Å². The second-order valence-electron chi connectivity index (χ2n) is 6.70. The van der Waals surface area contributed by atoms with E-state index in [1.807, 2.05) is 31.2 Å². The van der Waals surface area contributed by atoms with Crippen molar-refractivity contribution in [2.75, 3.05) is 6.54 Å². The zero-order valence-corrected chi connectivity index (χ0v) is 15.6. The first kappa shape index (κ1) is 17.9. The molecule has 1 amide bonds. The highest BCUT2D eigenvalue weighted by Gasteiger charge is 2.18. The number of para-hydroxylation sites is 1. The molecule has 0 unspecified atom stereocenters. The number of carbonyl (C=O) groups is 1. The van der Waals surface area contributed by atoms with Crippen LogP contribution in [0, 0.1) is 6.92 Å². The molecular weight excluding hydrogens is 326 g/mol. The monoisotopic (exact) mass is 349 g/mol. The van der Waals surface area contributed by atoms with Gasteiger partial charge in [-0.25, -0.2) is 0 Å². The normalized spacial score (nSPS) is 11.1. The van der Waals surface area contributed by atoms with Crippen LogP contribution in [0.15, 0.2) is 51.7 Å². The molecule has 0 bridgehead atoms. The molecular formula is C22H23NO3. The van der Waals surface area contributed by atoms with Gasteiger partial charge in [0.25, 0.3) is 5.91 Å². The Bertz CT molecular complexity index is 1010. The second kappa shape index (κ2) is 7.16. The number of amides is 1. The molecule has 1 aromatic heterocycles. The van der Waals surface area contributed by atoms with Gasteiger partial charge in [-0.15, -0.1) is 0 Å². The maximum absolute atomic E-state index is 12.8. The average molecular weight is 349 g/mol. The summed E-state index contributed by atoms with van der Waals surface area (Å²) in [6.07, 6.45) is 0.